The summed E-state index contributed by atoms with van der Waals surface area (Å²) in [6.45, 7) is 3.90. The molecule has 138 valence electrons. The third-order valence-corrected chi connectivity index (χ3v) is 5.11. The van der Waals surface area contributed by atoms with Crippen molar-refractivity contribution in [3.63, 3.8) is 0 Å². The Bertz CT molecular complexity index is 873. The average Bonchev–Trinajstić information content (AvgIpc) is 2.53. The van der Waals surface area contributed by atoms with E-state index in [2.05, 4.69) is 22.2 Å². The minimum atomic E-state index is -0.378. The van der Waals surface area contributed by atoms with Gasteiger partial charge in [0.2, 0.25) is 5.95 Å². The van der Waals surface area contributed by atoms with Crippen LogP contribution in [0.1, 0.15) is 25.3 Å². The summed E-state index contributed by atoms with van der Waals surface area (Å²) in [5, 5.41) is 3.85. The van der Waals surface area contributed by atoms with Gasteiger partial charge in [0.1, 0.15) is 16.4 Å². The van der Waals surface area contributed by atoms with Gasteiger partial charge in [0.15, 0.2) is 0 Å². The van der Waals surface area contributed by atoms with Gasteiger partial charge in [-0.25, -0.2) is 0 Å². The van der Waals surface area contributed by atoms with Crippen LogP contribution >= 0.6 is 35.4 Å². The van der Waals surface area contributed by atoms with E-state index in [1.165, 1.54) is 0 Å². The van der Waals surface area contributed by atoms with Gasteiger partial charge in [-0.3, -0.25) is 9.78 Å². The molecule has 0 aliphatic carbocycles. The van der Waals surface area contributed by atoms with E-state index in [0.717, 1.165) is 25.9 Å². The van der Waals surface area contributed by atoms with E-state index in [0.29, 0.717) is 27.6 Å². The molecule has 0 amide bonds. The topological polar surface area (TPSA) is 87.0 Å². The Labute approximate surface area is 166 Å². The van der Waals surface area contributed by atoms with Crippen molar-refractivity contribution in [3.8, 4) is 0 Å². The summed E-state index contributed by atoms with van der Waals surface area (Å²) in [4.78, 5) is 21.9. The largest absolute Gasteiger partial charge is 0.383 e. The number of aromatic nitrogens is 2. The summed E-state index contributed by atoms with van der Waals surface area (Å²) < 4.78 is 0. The molecule has 1 aliphatic heterocycles. The molecular formula is C17H19Cl2N5OS. The molecule has 1 fully saturated rings. The highest BCUT2D eigenvalue weighted by atomic mass is 35.5. The second-order valence-corrected chi connectivity index (χ2v) is 7.71. The van der Waals surface area contributed by atoms with Gasteiger partial charge in [-0.1, -0.05) is 42.3 Å². The second kappa shape index (κ2) is 7.82. The van der Waals surface area contributed by atoms with E-state index >= 15 is 0 Å². The minimum Gasteiger partial charge on any atom is -0.383 e. The van der Waals surface area contributed by atoms with Gasteiger partial charge < -0.3 is 16.0 Å². The van der Waals surface area contributed by atoms with Crippen molar-refractivity contribution >= 4 is 57.9 Å². The molecule has 1 saturated heterocycles. The molecule has 3 rings (SSSR count). The third-order valence-electron chi connectivity index (χ3n) is 4.37. The number of anilines is 3. The molecule has 9 heteroatoms. The van der Waals surface area contributed by atoms with Crippen molar-refractivity contribution in [2.45, 2.75) is 19.8 Å². The van der Waals surface area contributed by atoms with Crippen molar-refractivity contribution in [2.75, 3.05) is 29.0 Å². The first kappa shape index (κ1) is 18.9. The number of nitrogens with one attached hydrogen (secondary N) is 2. The number of nitrogens with zero attached hydrogens (tertiary/aromatic N) is 2. The van der Waals surface area contributed by atoms with Crippen molar-refractivity contribution in [1.29, 1.82) is 0 Å². The van der Waals surface area contributed by atoms with Crippen molar-refractivity contribution in [1.82, 2.24) is 9.97 Å². The van der Waals surface area contributed by atoms with Crippen molar-refractivity contribution in [3.05, 3.63) is 44.2 Å². The first-order valence-electron chi connectivity index (χ1n) is 8.25. The maximum absolute atomic E-state index is 12.6. The van der Waals surface area contributed by atoms with Crippen LogP contribution in [0, 0.1) is 5.92 Å². The fourth-order valence-electron chi connectivity index (χ4n) is 2.89. The number of hydrogen-bond acceptors (Lipinski definition) is 5. The molecule has 0 saturated carbocycles. The maximum atomic E-state index is 12.6. The summed E-state index contributed by atoms with van der Waals surface area (Å²) in [5.41, 5.74) is 6.35. The molecule has 0 atom stereocenters. The smallest absolute Gasteiger partial charge is 0.264 e. The molecule has 0 bridgehead atoms. The number of hydrogen-bond donors (Lipinski definition) is 3. The lowest BCUT2D eigenvalue weighted by molar-refractivity contribution is 0.434. The van der Waals surface area contributed by atoms with Gasteiger partial charge in [-0.05, 0) is 37.0 Å². The molecule has 26 heavy (non-hydrogen) atoms. The van der Waals surface area contributed by atoms with Crippen LogP contribution in [0.2, 0.25) is 10.0 Å². The zero-order valence-electron chi connectivity index (χ0n) is 14.2. The fraction of sp³-hybridized carbons (Fsp3) is 0.353. The van der Waals surface area contributed by atoms with Gasteiger partial charge in [-0.15, -0.1) is 0 Å². The highest BCUT2D eigenvalue weighted by Gasteiger charge is 2.21. The zero-order valence-corrected chi connectivity index (χ0v) is 16.5. The minimum absolute atomic E-state index is 0.0907. The number of aromatic amines is 1. The Morgan fingerprint density at radius 1 is 1.31 bits per heavy atom. The summed E-state index contributed by atoms with van der Waals surface area (Å²) in [6, 6.07) is 4.91. The Morgan fingerprint density at radius 3 is 2.50 bits per heavy atom. The molecule has 1 aromatic heterocycles. The molecule has 0 radical (unpaired) electrons. The predicted molar refractivity (Wildman–Crippen MR) is 112 cm³/mol. The monoisotopic (exact) mass is 411 g/mol. The van der Waals surface area contributed by atoms with Gasteiger partial charge in [0, 0.05) is 28.8 Å². The predicted octanol–water partition coefficient (Wildman–Crippen LogP) is 3.68. The summed E-state index contributed by atoms with van der Waals surface area (Å²) in [7, 11) is 0. The summed E-state index contributed by atoms with van der Waals surface area (Å²) in [6.07, 6.45) is 2.11. The number of piperidine rings is 1. The van der Waals surface area contributed by atoms with Gasteiger partial charge in [-0.2, -0.15) is 4.98 Å². The Morgan fingerprint density at radius 2 is 1.92 bits per heavy atom. The van der Waals surface area contributed by atoms with Crippen LogP contribution in [-0.4, -0.2) is 28.0 Å². The molecule has 1 aromatic carbocycles. The number of benzene rings is 1. The second-order valence-electron chi connectivity index (χ2n) is 6.43. The van der Waals surface area contributed by atoms with E-state index in [1.807, 2.05) is 4.90 Å². The van der Waals surface area contributed by atoms with Crippen LogP contribution in [0.4, 0.5) is 17.5 Å². The Kier molecular flexibility index (Phi) is 5.70. The molecule has 4 N–H and O–H groups in total. The SMILES string of the molecule is CC1CCN(c2nc(N)c(C(=S)Nc3cc(Cl)cc(Cl)c3)c(=O)[nH]2)CC1. The Hall–Kier alpha value is -1.83. The van der Waals surface area contributed by atoms with Crippen molar-refractivity contribution in [2.24, 2.45) is 5.92 Å². The highest BCUT2D eigenvalue weighted by Crippen LogP contribution is 2.24. The molecule has 6 nitrogen and oxygen atoms in total. The molecule has 0 unspecified atom stereocenters. The molecule has 2 aromatic rings. The van der Waals surface area contributed by atoms with Crippen LogP contribution in [0.5, 0.6) is 0 Å². The number of nitrogen functional groups attached to an aromatic ring is 1. The number of rotatable bonds is 3. The van der Waals surface area contributed by atoms with E-state index < -0.39 is 0 Å². The third kappa shape index (κ3) is 4.28. The standard InChI is InChI=1S/C17H19Cl2N5OS/c1-9-2-4-24(5-3-9)17-22-14(20)13(15(25)23-17)16(26)21-12-7-10(18)6-11(19)8-12/h6-9H,2-5H2,1H3,(H,21,26)(H3,20,22,23,25). The number of H-pyrrole nitrogens is 1. The van der Waals surface area contributed by atoms with Crippen LogP contribution in [0.25, 0.3) is 0 Å². The van der Waals surface area contributed by atoms with Crippen LogP contribution in [0.3, 0.4) is 0 Å². The Balaban J connectivity index is 1.83. The van der Waals surface area contributed by atoms with E-state index in [9.17, 15) is 4.79 Å². The highest BCUT2D eigenvalue weighted by molar-refractivity contribution is 7.81. The molecule has 1 aliphatic rings. The number of thiocarbonyl (C=S) groups is 1. The van der Waals surface area contributed by atoms with Gasteiger partial charge in [0.25, 0.3) is 5.56 Å². The normalized spacial score (nSPS) is 15.1. The zero-order chi connectivity index (χ0) is 18.8. The van der Waals surface area contributed by atoms with Crippen LogP contribution in [-0.2, 0) is 0 Å². The number of halogens is 2. The lowest BCUT2D eigenvalue weighted by Crippen LogP contribution is -2.36. The first-order chi connectivity index (χ1) is 12.3. The van der Waals surface area contributed by atoms with Crippen molar-refractivity contribution < 1.29 is 0 Å². The number of nitrogens with two attached hydrogens (primary N) is 1. The van der Waals surface area contributed by atoms with Gasteiger partial charge >= 0.3 is 0 Å². The summed E-state index contributed by atoms with van der Waals surface area (Å²) >= 11 is 17.3. The van der Waals surface area contributed by atoms with E-state index in [4.69, 9.17) is 41.2 Å². The molecule has 2 heterocycles. The summed E-state index contributed by atoms with van der Waals surface area (Å²) in [5.74, 6) is 1.25. The lowest BCUT2D eigenvalue weighted by Gasteiger charge is -2.30. The quantitative estimate of drug-likeness (QED) is 0.667. The first-order valence-corrected chi connectivity index (χ1v) is 9.42. The maximum Gasteiger partial charge on any atom is 0.264 e. The van der Waals surface area contributed by atoms with E-state index in [-0.39, 0.29) is 21.9 Å². The average molecular weight is 412 g/mol. The lowest BCUT2D eigenvalue weighted by atomic mass is 10.00. The fourth-order valence-corrected chi connectivity index (χ4v) is 3.73. The van der Waals surface area contributed by atoms with Crippen LogP contribution < -0.4 is 21.5 Å². The molecule has 0 spiro atoms. The molecular weight excluding hydrogens is 393 g/mol. The van der Waals surface area contributed by atoms with Gasteiger partial charge in [0.05, 0.1) is 0 Å². The van der Waals surface area contributed by atoms with E-state index in [1.54, 1.807) is 18.2 Å². The van der Waals surface area contributed by atoms with Crippen LogP contribution in [0.15, 0.2) is 23.0 Å².